The molecule has 1 saturated heterocycles. The minimum atomic E-state index is 0.00564. The summed E-state index contributed by atoms with van der Waals surface area (Å²) in [7, 11) is 1.74. The van der Waals surface area contributed by atoms with Crippen molar-refractivity contribution in [3.63, 3.8) is 0 Å². The average Bonchev–Trinajstić information content (AvgIpc) is 3.58. The first-order valence-electron chi connectivity index (χ1n) is 12.4. The molecule has 0 unspecified atom stereocenters. The Balaban J connectivity index is 1.42. The Labute approximate surface area is 201 Å². The zero-order valence-corrected chi connectivity index (χ0v) is 20.1. The third-order valence-corrected chi connectivity index (χ3v) is 7.05. The van der Waals surface area contributed by atoms with Crippen LogP contribution in [0.15, 0.2) is 48.5 Å². The van der Waals surface area contributed by atoms with E-state index in [1.54, 1.807) is 7.11 Å². The number of piperazine rings is 1. The number of aromatic nitrogens is 4. The molecule has 2 heterocycles. The second kappa shape index (κ2) is 10.4. The number of benzene rings is 2. The average molecular weight is 463 g/mol. The van der Waals surface area contributed by atoms with Crippen molar-refractivity contribution in [2.45, 2.75) is 44.7 Å². The van der Waals surface area contributed by atoms with E-state index in [2.05, 4.69) is 66.4 Å². The van der Waals surface area contributed by atoms with E-state index in [1.165, 1.54) is 18.4 Å². The molecule has 1 atom stereocenters. The molecule has 1 saturated carbocycles. The minimum absolute atomic E-state index is 0.00564. The van der Waals surface area contributed by atoms with Crippen LogP contribution < -0.4 is 14.4 Å². The molecule has 2 aliphatic rings. The van der Waals surface area contributed by atoms with Gasteiger partial charge in [-0.25, -0.2) is 4.68 Å². The van der Waals surface area contributed by atoms with Gasteiger partial charge in [0.25, 0.3) is 0 Å². The van der Waals surface area contributed by atoms with Crippen LogP contribution in [0.2, 0.25) is 0 Å². The van der Waals surface area contributed by atoms with Crippen molar-refractivity contribution in [3.05, 3.63) is 59.9 Å². The molecule has 0 bridgehead atoms. The van der Waals surface area contributed by atoms with Crippen LogP contribution in [0.5, 0.6) is 11.5 Å². The Bertz CT molecular complexity index is 1060. The van der Waals surface area contributed by atoms with Crippen LogP contribution in [0.1, 0.15) is 56.1 Å². The lowest BCUT2D eigenvalue weighted by Crippen LogP contribution is -2.48. The van der Waals surface area contributed by atoms with Crippen molar-refractivity contribution in [3.8, 4) is 11.5 Å². The van der Waals surface area contributed by atoms with Crippen molar-refractivity contribution >= 4 is 5.69 Å². The molecule has 180 valence electrons. The first kappa shape index (κ1) is 22.7. The summed E-state index contributed by atoms with van der Waals surface area (Å²) in [5.74, 6) is 2.76. The molecule has 1 aliphatic heterocycles. The van der Waals surface area contributed by atoms with Gasteiger partial charge in [0.2, 0.25) is 0 Å². The van der Waals surface area contributed by atoms with E-state index in [4.69, 9.17) is 9.47 Å². The van der Waals surface area contributed by atoms with Crippen LogP contribution >= 0.6 is 0 Å². The van der Waals surface area contributed by atoms with E-state index < -0.39 is 0 Å². The fourth-order valence-electron chi connectivity index (χ4n) is 5.34. The van der Waals surface area contributed by atoms with E-state index in [1.807, 2.05) is 19.1 Å². The van der Waals surface area contributed by atoms with E-state index in [9.17, 15) is 0 Å². The van der Waals surface area contributed by atoms with Crippen LogP contribution in [0.4, 0.5) is 5.69 Å². The zero-order valence-electron chi connectivity index (χ0n) is 20.1. The number of para-hydroxylation sites is 2. The molecule has 34 heavy (non-hydrogen) atoms. The number of rotatable bonds is 8. The van der Waals surface area contributed by atoms with E-state index in [0.29, 0.717) is 12.6 Å². The van der Waals surface area contributed by atoms with Crippen molar-refractivity contribution in [2.24, 2.45) is 0 Å². The van der Waals surface area contributed by atoms with E-state index in [-0.39, 0.29) is 6.04 Å². The van der Waals surface area contributed by atoms with E-state index in [0.717, 1.165) is 62.0 Å². The number of nitrogens with zero attached hydrogens (tertiary/aromatic N) is 6. The van der Waals surface area contributed by atoms with Crippen molar-refractivity contribution < 1.29 is 9.47 Å². The number of hydrogen-bond donors (Lipinski definition) is 0. The number of hydrogen-bond acceptors (Lipinski definition) is 7. The summed E-state index contributed by atoms with van der Waals surface area (Å²) < 4.78 is 13.4. The lowest BCUT2D eigenvalue weighted by Gasteiger charge is -2.40. The van der Waals surface area contributed by atoms with Gasteiger partial charge in [-0.05, 0) is 60.0 Å². The lowest BCUT2D eigenvalue weighted by molar-refractivity contribution is 0.197. The fourth-order valence-corrected chi connectivity index (χ4v) is 5.34. The maximum absolute atomic E-state index is 5.69. The third kappa shape index (κ3) is 4.59. The van der Waals surface area contributed by atoms with Crippen LogP contribution in [0, 0.1) is 0 Å². The fraction of sp³-hybridized carbons (Fsp3) is 0.500. The van der Waals surface area contributed by atoms with Crippen LogP contribution in [-0.2, 0) is 0 Å². The summed E-state index contributed by atoms with van der Waals surface area (Å²) in [5.41, 5.74) is 2.35. The molecule has 5 rings (SSSR count). The summed E-state index contributed by atoms with van der Waals surface area (Å²) in [6.45, 7) is 6.32. The van der Waals surface area contributed by atoms with Gasteiger partial charge >= 0.3 is 0 Å². The first-order chi connectivity index (χ1) is 16.8. The van der Waals surface area contributed by atoms with Gasteiger partial charge in [-0.2, -0.15) is 0 Å². The van der Waals surface area contributed by atoms with Crippen LogP contribution in [-0.4, -0.2) is 65.0 Å². The summed E-state index contributed by atoms with van der Waals surface area (Å²) in [6, 6.07) is 17.1. The summed E-state index contributed by atoms with van der Waals surface area (Å²) in [5, 5.41) is 13.1. The molecule has 2 fully saturated rings. The van der Waals surface area contributed by atoms with Gasteiger partial charge < -0.3 is 14.4 Å². The van der Waals surface area contributed by atoms with Gasteiger partial charge in [-0.1, -0.05) is 37.1 Å². The Hall–Kier alpha value is -3.13. The van der Waals surface area contributed by atoms with Gasteiger partial charge in [0.05, 0.1) is 31.5 Å². The Morgan fingerprint density at radius 1 is 0.971 bits per heavy atom. The second-order valence-electron chi connectivity index (χ2n) is 9.02. The molecule has 1 aromatic heterocycles. The summed E-state index contributed by atoms with van der Waals surface area (Å²) >= 11 is 0. The molecule has 2 aromatic carbocycles. The molecule has 0 radical (unpaired) electrons. The van der Waals surface area contributed by atoms with Crippen molar-refractivity contribution in [1.82, 2.24) is 25.1 Å². The standard InChI is InChI=1S/C26H34N6O2/c1-3-34-22-14-12-20(13-15-22)25(26-27-28-29-32(26)21-8-4-5-9-21)31-18-16-30(17-19-31)23-10-6-7-11-24(23)33-2/h6-7,10-15,21,25H,3-5,8-9,16-19H2,1-2H3/t25-/m1/s1. The topological polar surface area (TPSA) is 68.5 Å². The monoisotopic (exact) mass is 462 g/mol. The smallest absolute Gasteiger partial charge is 0.173 e. The molecular weight excluding hydrogens is 428 g/mol. The number of ether oxygens (including phenoxy) is 2. The SMILES string of the molecule is CCOc1ccc([C@H](c2nnnn2C2CCCC2)N2CCN(c3ccccc3OC)CC2)cc1. The summed E-state index contributed by atoms with van der Waals surface area (Å²) in [4.78, 5) is 4.92. The molecule has 3 aromatic rings. The third-order valence-electron chi connectivity index (χ3n) is 7.05. The first-order valence-corrected chi connectivity index (χ1v) is 12.4. The zero-order chi connectivity index (χ0) is 23.3. The van der Waals surface area contributed by atoms with Crippen molar-refractivity contribution in [1.29, 1.82) is 0 Å². The highest BCUT2D eigenvalue weighted by molar-refractivity contribution is 5.58. The molecule has 1 aliphatic carbocycles. The molecular formula is C26H34N6O2. The molecule has 8 nitrogen and oxygen atoms in total. The van der Waals surface area contributed by atoms with Gasteiger partial charge in [0, 0.05) is 26.2 Å². The number of methoxy groups -OCH3 is 1. The van der Waals surface area contributed by atoms with Gasteiger partial charge in [-0.3, -0.25) is 4.90 Å². The highest BCUT2D eigenvalue weighted by Gasteiger charge is 2.33. The Kier molecular flexibility index (Phi) is 6.94. The predicted octanol–water partition coefficient (Wildman–Crippen LogP) is 4.11. The van der Waals surface area contributed by atoms with Crippen molar-refractivity contribution in [2.75, 3.05) is 44.8 Å². The van der Waals surface area contributed by atoms with Gasteiger partial charge in [0.15, 0.2) is 5.82 Å². The molecule has 0 spiro atoms. The van der Waals surface area contributed by atoms with Crippen LogP contribution in [0.25, 0.3) is 0 Å². The highest BCUT2D eigenvalue weighted by atomic mass is 16.5. The number of anilines is 1. The molecule has 0 amide bonds. The number of tetrazole rings is 1. The van der Waals surface area contributed by atoms with E-state index >= 15 is 0 Å². The largest absolute Gasteiger partial charge is 0.495 e. The Morgan fingerprint density at radius 3 is 2.41 bits per heavy atom. The quantitative estimate of drug-likeness (QED) is 0.499. The second-order valence-corrected chi connectivity index (χ2v) is 9.02. The Morgan fingerprint density at radius 2 is 1.71 bits per heavy atom. The maximum Gasteiger partial charge on any atom is 0.173 e. The maximum atomic E-state index is 5.69. The lowest BCUT2D eigenvalue weighted by atomic mass is 10.0. The summed E-state index contributed by atoms with van der Waals surface area (Å²) in [6.07, 6.45) is 4.79. The molecule has 8 heteroatoms. The van der Waals surface area contributed by atoms with Gasteiger partial charge in [0.1, 0.15) is 11.5 Å². The minimum Gasteiger partial charge on any atom is -0.495 e. The van der Waals surface area contributed by atoms with Crippen LogP contribution in [0.3, 0.4) is 0 Å². The molecule has 0 N–H and O–H groups in total. The van der Waals surface area contributed by atoms with Gasteiger partial charge in [-0.15, -0.1) is 5.10 Å². The predicted molar refractivity (Wildman–Crippen MR) is 132 cm³/mol. The highest BCUT2D eigenvalue weighted by Crippen LogP contribution is 2.36. The normalized spacial score (nSPS) is 18.2.